The van der Waals surface area contributed by atoms with Crippen molar-refractivity contribution in [3.63, 3.8) is 0 Å². The normalized spacial score (nSPS) is 22.7. The average molecular weight is 366 g/mol. The summed E-state index contributed by atoms with van der Waals surface area (Å²) in [7, 11) is 0. The molecule has 6 heteroatoms. The Balaban J connectivity index is 1.92. The van der Waals surface area contributed by atoms with Gasteiger partial charge in [-0.15, -0.1) is 0 Å². The fourth-order valence-electron chi connectivity index (χ4n) is 3.21. The second-order valence-electron chi connectivity index (χ2n) is 5.86. The highest BCUT2D eigenvalue weighted by molar-refractivity contribution is 9.10. The first-order valence-electron chi connectivity index (χ1n) is 7.41. The molecule has 2 aliphatic rings. The first kappa shape index (κ1) is 14.2. The third kappa shape index (κ3) is 2.18. The van der Waals surface area contributed by atoms with Crippen LogP contribution in [0.3, 0.4) is 0 Å². The van der Waals surface area contributed by atoms with Gasteiger partial charge in [0.15, 0.2) is 5.82 Å². The molecular weight excluding hydrogens is 354 g/mol. The van der Waals surface area contributed by atoms with Crippen LogP contribution in [-0.2, 0) is 0 Å². The molecule has 2 unspecified atom stereocenters. The van der Waals surface area contributed by atoms with Crippen LogP contribution in [0.2, 0.25) is 0 Å². The average Bonchev–Trinajstić information content (AvgIpc) is 3.31. The lowest BCUT2D eigenvalue weighted by molar-refractivity contribution is 0.769. The van der Waals surface area contributed by atoms with Crippen LogP contribution in [0, 0.1) is 23.8 Å². The van der Waals surface area contributed by atoms with Crippen molar-refractivity contribution < 1.29 is 0 Å². The zero-order valence-electron chi connectivity index (χ0n) is 12.1. The number of benzene rings is 1. The predicted octanol–water partition coefficient (Wildman–Crippen LogP) is 3.96. The standard InChI is InChI=1S/C17H12BrN5/c1-20-16-13(11-4-2-3-10(7-19)14(11)18)12-8-21-23-17(12)22-15(16)9-5-6-9/h2-4,8-9,13,16H,5-6H2,(H,21,23). The van der Waals surface area contributed by atoms with Crippen molar-refractivity contribution in [2.24, 2.45) is 10.9 Å². The zero-order chi connectivity index (χ0) is 16.0. The molecule has 1 aliphatic carbocycles. The summed E-state index contributed by atoms with van der Waals surface area (Å²) in [5.74, 6) is 0.995. The van der Waals surface area contributed by atoms with Crippen molar-refractivity contribution in [1.82, 2.24) is 10.2 Å². The molecule has 2 aromatic rings. The number of hydrogen-bond acceptors (Lipinski definition) is 3. The molecule has 1 aliphatic heterocycles. The van der Waals surface area contributed by atoms with Crippen LogP contribution in [0.5, 0.6) is 0 Å². The number of H-pyrrole nitrogens is 1. The van der Waals surface area contributed by atoms with Crippen molar-refractivity contribution in [3.8, 4) is 6.07 Å². The van der Waals surface area contributed by atoms with E-state index in [1.807, 2.05) is 12.1 Å². The van der Waals surface area contributed by atoms with Gasteiger partial charge in [-0.1, -0.05) is 12.1 Å². The number of rotatable bonds is 2. The molecule has 1 saturated carbocycles. The van der Waals surface area contributed by atoms with Gasteiger partial charge in [0, 0.05) is 16.0 Å². The second-order valence-corrected chi connectivity index (χ2v) is 6.65. The highest BCUT2D eigenvalue weighted by Crippen LogP contribution is 2.46. The maximum atomic E-state index is 9.29. The maximum absolute atomic E-state index is 9.29. The Hall–Kier alpha value is -2.44. The molecule has 1 fully saturated rings. The van der Waals surface area contributed by atoms with Gasteiger partial charge < -0.3 is 4.85 Å². The quantitative estimate of drug-likeness (QED) is 0.818. The van der Waals surface area contributed by atoms with E-state index in [4.69, 9.17) is 6.57 Å². The Morgan fingerprint density at radius 1 is 1.35 bits per heavy atom. The minimum atomic E-state index is -0.335. The van der Waals surface area contributed by atoms with Crippen molar-refractivity contribution >= 4 is 27.5 Å². The minimum absolute atomic E-state index is 0.156. The Labute approximate surface area is 142 Å². The maximum Gasteiger partial charge on any atom is 0.272 e. The molecule has 2 atom stereocenters. The molecular formula is C17H12BrN5. The van der Waals surface area contributed by atoms with Gasteiger partial charge in [-0.05, 0) is 40.4 Å². The molecule has 5 nitrogen and oxygen atoms in total. The van der Waals surface area contributed by atoms with Crippen molar-refractivity contribution in [2.75, 3.05) is 0 Å². The van der Waals surface area contributed by atoms with Crippen LogP contribution < -0.4 is 0 Å². The fourth-order valence-corrected chi connectivity index (χ4v) is 3.81. The van der Waals surface area contributed by atoms with E-state index in [-0.39, 0.29) is 12.0 Å². The number of fused-ring (bicyclic) bond motifs is 1. The van der Waals surface area contributed by atoms with E-state index in [0.29, 0.717) is 11.5 Å². The van der Waals surface area contributed by atoms with Crippen LogP contribution in [0.4, 0.5) is 5.82 Å². The second kappa shape index (κ2) is 5.33. The number of aliphatic imine (C=N–C) groups is 1. The molecule has 0 radical (unpaired) electrons. The molecule has 1 aromatic heterocycles. The number of aromatic amines is 1. The summed E-state index contributed by atoms with van der Waals surface area (Å²) in [5, 5.41) is 16.3. The van der Waals surface area contributed by atoms with Gasteiger partial charge in [-0.3, -0.25) is 5.10 Å². The lowest BCUT2D eigenvalue weighted by Gasteiger charge is -2.25. The highest BCUT2D eigenvalue weighted by atomic mass is 79.9. The monoisotopic (exact) mass is 365 g/mol. The van der Waals surface area contributed by atoms with Gasteiger partial charge in [0.05, 0.1) is 17.7 Å². The lowest BCUT2D eigenvalue weighted by atomic mass is 9.81. The van der Waals surface area contributed by atoms with Crippen LogP contribution >= 0.6 is 15.9 Å². The third-order valence-corrected chi connectivity index (χ3v) is 5.35. The molecule has 0 spiro atoms. The molecule has 2 heterocycles. The first-order chi connectivity index (χ1) is 11.2. The SMILES string of the molecule is [C-]#[N+]C1C(C2CC2)=Nc2[nH]ncc2C1c1cccc(C#N)c1Br. The van der Waals surface area contributed by atoms with E-state index < -0.39 is 0 Å². The van der Waals surface area contributed by atoms with Crippen molar-refractivity contribution in [2.45, 2.75) is 24.8 Å². The number of nitriles is 1. The summed E-state index contributed by atoms with van der Waals surface area (Å²) in [4.78, 5) is 8.57. The predicted molar refractivity (Wildman–Crippen MR) is 89.5 cm³/mol. The summed E-state index contributed by atoms with van der Waals surface area (Å²) in [6.45, 7) is 7.73. The number of aromatic nitrogens is 2. The smallest absolute Gasteiger partial charge is 0.272 e. The first-order valence-corrected chi connectivity index (χ1v) is 8.20. The van der Waals surface area contributed by atoms with E-state index in [1.54, 1.807) is 12.3 Å². The number of hydrogen-bond donors (Lipinski definition) is 1. The molecule has 0 saturated heterocycles. The van der Waals surface area contributed by atoms with E-state index in [0.717, 1.165) is 40.0 Å². The summed E-state index contributed by atoms with van der Waals surface area (Å²) < 4.78 is 0.755. The number of nitrogens with zero attached hydrogens (tertiary/aromatic N) is 4. The Morgan fingerprint density at radius 3 is 2.87 bits per heavy atom. The Bertz CT molecular complexity index is 894. The van der Waals surface area contributed by atoms with Crippen LogP contribution in [0.15, 0.2) is 33.9 Å². The van der Waals surface area contributed by atoms with Crippen molar-refractivity contribution in [3.05, 3.63) is 57.0 Å². The van der Waals surface area contributed by atoms with Gasteiger partial charge in [-0.25, -0.2) is 11.6 Å². The van der Waals surface area contributed by atoms with Crippen LogP contribution in [-0.4, -0.2) is 22.0 Å². The van der Waals surface area contributed by atoms with E-state index >= 15 is 0 Å². The molecule has 112 valence electrons. The molecule has 0 amide bonds. The molecule has 4 rings (SSSR count). The lowest BCUT2D eigenvalue weighted by Crippen LogP contribution is -2.30. The summed E-state index contributed by atoms with van der Waals surface area (Å²) in [6.07, 6.45) is 3.94. The van der Waals surface area contributed by atoms with Crippen LogP contribution in [0.1, 0.15) is 35.4 Å². The van der Waals surface area contributed by atoms with E-state index in [1.165, 1.54) is 0 Å². The van der Waals surface area contributed by atoms with Gasteiger partial charge in [-0.2, -0.15) is 10.4 Å². The molecule has 1 aromatic carbocycles. The van der Waals surface area contributed by atoms with Gasteiger partial charge in [0.2, 0.25) is 0 Å². The zero-order valence-corrected chi connectivity index (χ0v) is 13.7. The van der Waals surface area contributed by atoms with Gasteiger partial charge >= 0.3 is 0 Å². The minimum Gasteiger partial charge on any atom is -0.306 e. The van der Waals surface area contributed by atoms with Crippen molar-refractivity contribution in [1.29, 1.82) is 5.26 Å². The number of nitrogens with one attached hydrogen (secondary N) is 1. The largest absolute Gasteiger partial charge is 0.306 e. The van der Waals surface area contributed by atoms with Gasteiger partial charge in [0.1, 0.15) is 11.8 Å². The van der Waals surface area contributed by atoms with E-state index in [9.17, 15) is 5.26 Å². The third-order valence-electron chi connectivity index (χ3n) is 4.46. The molecule has 0 bridgehead atoms. The van der Waals surface area contributed by atoms with Crippen LogP contribution in [0.25, 0.3) is 4.85 Å². The topological polar surface area (TPSA) is 69.2 Å². The van der Waals surface area contributed by atoms with Gasteiger partial charge in [0.25, 0.3) is 6.04 Å². The molecule has 1 N–H and O–H groups in total. The summed E-state index contributed by atoms with van der Waals surface area (Å²) >= 11 is 3.55. The summed E-state index contributed by atoms with van der Waals surface area (Å²) in [6, 6.07) is 7.47. The fraction of sp³-hybridized carbons (Fsp3) is 0.294. The Kier molecular flexibility index (Phi) is 3.28. The van der Waals surface area contributed by atoms with E-state index in [2.05, 4.69) is 42.0 Å². The highest BCUT2D eigenvalue weighted by Gasteiger charge is 2.46. The molecule has 23 heavy (non-hydrogen) atoms. The number of halogens is 1. The Morgan fingerprint density at radius 2 is 2.17 bits per heavy atom. The summed E-state index contributed by atoms with van der Waals surface area (Å²) in [5.41, 5.74) is 3.40.